The van der Waals surface area contributed by atoms with E-state index < -0.39 is 5.97 Å². The lowest BCUT2D eigenvalue weighted by Gasteiger charge is -2.37. The number of carboxylic acids is 1. The first-order chi connectivity index (χ1) is 9.68. The minimum Gasteiger partial charge on any atom is -0.480 e. The molecular formula is C17H23NO2. The van der Waals surface area contributed by atoms with Crippen LogP contribution < -0.4 is 0 Å². The van der Waals surface area contributed by atoms with Crippen molar-refractivity contribution in [3.8, 4) is 0 Å². The molecule has 1 aromatic rings. The molecule has 3 unspecified atom stereocenters. The molecule has 1 heterocycles. The van der Waals surface area contributed by atoms with Gasteiger partial charge in [-0.05, 0) is 37.7 Å². The number of nitrogens with zero attached hydrogens (tertiary/aromatic N) is 1. The van der Waals surface area contributed by atoms with Crippen LogP contribution in [0.2, 0.25) is 0 Å². The smallest absolute Gasteiger partial charge is 0.320 e. The van der Waals surface area contributed by atoms with Gasteiger partial charge in [0.2, 0.25) is 0 Å². The molecule has 3 heteroatoms. The fraction of sp³-hybridized carbons (Fsp3) is 0.588. The summed E-state index contributed by atoms with van der Waals surface area (Å²) in [6.07, 6.45) is 5.70. The van der Waals surface area contributed by atoms with Crippen LogP contribution in [0.25, 0.3) is 0 Å². The number of rotatable bonds is 3. The Balaban J connectivity index is 1.89. The number of fused-ring (bicyclic) bond motifs is 1. The molecule has 2 fully saturated rings. The van der Waals surface area contributed by atoms with Crippen molar-refractivity contribution in [2.75, 3.05) is 0 Å². The Kier molecular flexibility index (Phi) is 3.79. The SMILES string of the molecule is C[C@@H](c1ccccc1)N1C(C(=O)O)CC2CCCCC21. The van der Waals surface area contributed by atoms with Crippen LogP contribution in [0.1, 0.15) is 50.6 Å². The summed E-state index contributed by atoms with van der Waals surface area (Å²) in [4.78, 5) is 13.9. The van der Waals surface area contributed by atoms with Crippen molar-refractivity contribution in [2.45, 2.75) is 57.2 Å². The molecule has 4 atom stereocenters. The topological polar surface area (TPSA) is 40.5 Å². The monoisotopic (exact) mass is 273 g/mol. The molecule has 3 nitrogen and oxygen atoms in total. The lowest BCUT2D eigenvalue weighted by atomic mass is 9.84. The third-order valence-electron chi connectivity index (χ3n) is 5.15. The molecule has 1 aromatic carbocycles. The Morgan fingerprint density at radius 1 is 1.25 bits per heavy atom. The Hall–Kier alpha value is -1.35. The van der Waals surface area contributed by atoms with Crippen molar-refractivity contribution >= 4 is 5.97 Å². The third kappa shape index (κ3) is 2.35. The largest absolute Gasteiger partial charge is 0.480 e. The first kappa shape index (κ1) is 13.6. The van der Waals surface area contributed by atoms with Crippen LogP contribution in [-0.2, 0) is 4.79 Å². The molecule has 20 heavy (non-hydrogen) atoms. The average Bonchev–Trinajstić information content (AvgIpc) is 2.87. The second-order valence-electron chi connectivity index (χ2n) is 6.24. The van der Waals surface area contributed by atoms with Crippen LogP contribution in [0.3, 0.4) is 0 Å². The summed E-state index contributed by atoms with van der Waals surface area (Å²) in [5, 5.41) is 9.58. The van der Waals surface area contributed by atoms with Crippen LogP contribution >= 0.6 is 0 Å². The zero-order valence-electron chi connectivity index (χ0n) is 12.0. The van der Waals surface area contributed by atoms with Gasteiger partial charge in [0.25, 0.3) is 0 Å². The Morgan fingerprint density at radius 2 is 1.95 bits per heavy atom. The van der Waals surface area contributed by atoms with E-state index in [1.165, 1.54) is 24.8 Å². The summed E-state index contributed by atoms with van der Waals surface area (Å²) in [7, 11) is 0. The molecule has 0 bridgehead atoms. The van der Waals surface area contributed by atoms with E-state index in [-0.39, 0.29) is 12.1 Å². The summed E-state index contributed by atoms with van der Waals surface area (Å²) < 4.78 is 0. The van der Waals surface area contributed by atoms with Crippen LogP contribution in [0.4, 0.5) is 0 Å². The minimum atomic E-state index is -0.651. The van der Waals surface area contributed by atoms with Crippen molar-refractivity contribution in [3.63, 3.8) is 0 Å². The highest BCUT2D eigenvalue weighted by atomic mass is 16.4. The molecular weight excluding hydrogens is 250 g/mol. The van der Waals surface area contributed by atoms with Gasteiger partial charge in [0.15, 0.2) is 0 Å². The van der Waals surface area contributed by atoms with E-state index in [0.29, 0.717) is 12.0 Å². The maximum absolute atomic E-state index is 11.6. The Bertz CT molecular complexity index is 473. The predicted octanol–water partition coefficient (Wildman–Crippen LogP) is 3.47. The van der Waals surface area contributed by atoms with Crippen molar-refractivity contribution in [1.82, 2.24) is 4.90 Å². The molecule has 1 saturated carbocycles. The lowest BCUT2D eigenvalue weighted by molar-refractivity contribution is -0.143. The van der Waals surface area contributed by atoms with E-state index in [2.05, 4.69) is 24.0 Å². The van der Waals surface area contributed by atoms with E-state index in [9.17, 15) is 9.90 Å². The van der Waals surface area contributed by atoms with E-state index in [0.717, 1.165) is 12.8 Å². The summed E-state index contributed by atoms with van der Waals surface area (Å²) in [6.45, 7) is 2.16. The first-order valence-electron chi connectivity index (χ1n) is 7.73. The average molecular weight is 273 g/mol. The number of benzene rings is 1. The summed E-state index contributed by atoms with van der Waals surface area (Å²) >= 11 is 0. The van der Waals surface area contributed by atoms with Crippen molar-refractivity contribution in [2.24, 2.45) is 5.92 Å². The Labute approximate surface area is 120 Å². The van der Waals surface area contributed by atoms with Gasteiger partial charge in [0.1, 0.15) is 6.04 Å². The number of hydrogen-bond donors (Lipinski definition) is 1. The van der Waals surface area contributed by atoms with Crippen LogP contribution in [0, 0.1) is 5.92 Å². The second kappa shape index (κ2) is 5.57. The van der Waals surface area contributed by atoms with Gasteiger partial charge in [-0.2, -0.15) is 0 Å². The molecule has 3 rings (SSSR count). The van der Waals surface area contributed by atoms with Gasteiger partial charge in [-0.1, -0.05) is 43.2 Å². The molecule has 1 aliphatic carbocycles. The number of carbonyl (C=O) groups is 1. The normalized spacial score (nSPS) is 31.8. The van der Waals surface area contributed by atoms with Gasteiger partial charge in [0.05, 0.1) is 0 Å². The fourth-order valence-corrected chi connectivity index (χ4v) is 4.18. The maximum Gasteiger partial charge on any atom is 0.320 e. The number of likely N-dealkylation sites (tertiary alicyclic amines) is 1. The zero-order chi connectivity index (χ0) is 14.1. The van der Waals surface area contributed by atoms with E-state index in [1.54, 1.807) is 0 Å². The molecule has 0 radical (unpaired) electrons. The standard InChI is InChI=1S/C17H23NO2/c1-12(13-7-3-2-4-8-13)18-15-10-6-5-9-14(15)11-16(18)17(19)20/h2-4,7-8,12,14-16H,5-6,9-11H2,1H3,(H,19,20)/t12-,14?,15?,16?/m0/s1. The van der Waals surface area contributed by atoms with Crippen LogP contribution in [0.15, 0.2) is 30.3 Å². The molecule has 1 N–H and O–H groups in total. The minimum absolute atomic E-state index is 0.186. The predicted molar refractivity (Wildman–Crippen MR) is 78.5 cm³/mol. The van der Waals surface area contributed by atoms with E-state index in [4.69, 9.17) is 0 Å². The molecule has 0 aromatic heterocycles. The molecule has 2 aliphatic rings. The highest BCUT2D eigenvalue weighted by Gasteiger charge is 2.47. The number of aliphatic carboxylic acids is 1. The van der Waals surface area contributed by atoms with Gasteiger partial charge in [-0.25, -0.2) is 0 Å². The zero-order valence-corrected chi connectivity index (χ0v) is 12.0. The van der Waals surface area contributed by atoms with Gasteiger partial charge in [0, 0.05) is 12.1 Å². The molecule has 0 spiro atoms. The quantitative estimate of drug-likeness (QED) is 0.916. The summed E-state index contributed by atoms with van der Waals surface area (Å²) in [5.41, 5.74) is 1.23. The van der Waals surface area contributed by atoms with Gasteiger partial charge < -0.3 is 5.11 Å². The van der Waals surface area contributed by atoms with E-state index >= 15 is 0 Å². The first-order valence-corrected chi connectivity index (χ1v) is 7.73. The second-order valence-corrected chi connectivity index (χ2v) is 6.24. The fourth-order valence-electron chi connectivity index (χ4n) is 4.18. The highest BCUT2D eigenvalue weighted by molar-refractivity contribution is 5.74. The molecule has 0 amide bonds. The van der Waals surface area contributed by atoms with Crippen molar-refractivity contribution in [3.05, 3.63) is 35.9 Å². The Morgan fingerprint density at radius 3 is 2.65 bits per heavy atom. The number of hydrogen-bond acceptors (Lipinski definition) is 2. The van der Waals surface area contributed by atoms with Crippen molar-refractivity contribution in [1.29, 1.82) is 0 Å². The van der Waals surface area contributed by atoms with Gasteiger partial charge in [-0.15, -0.1) is 0 Å². The summed E-state index contributed by atoms with van der Waals surface area (Å²) in [5.74, 6) is -0.0711. The maximum atomic E-state index is 11.6. The van der Waals surface area contributed by atoms with Gasteiger partial charge >= 0.3 is 5.97 Å². The third-order valence-corrected chi connectivity index (χ3v) is 5.15. The number of carboxylic acid groups (broad SMARTS) is 1. The molecule has 1 aliphatic heterocycles. The van der Waals surface area contributed by atoms with Gasteiger partial charge in [-0.3, -0.25) is 9.69 Å². The van der Waals surface area contributed by atoms with Crippen LogP contribution in [0.5, 0.6) is 0 Å². The van der Waals surface area contributed by atoms with E-state index in [1.807, 2.05) is 18.2 Å². The summed E-state index contributed by atoms with van der Waals surface area (Å²) in [6, 6.07) is 10.6. The molecule has 108 valence electrons. The lowest BCUT2D eigenvalue weighted by Crippen LogP contribution is -2.43. The molecule has 1 saturated heterocycles. The highest BCUT2D eigenvalue weighted by Crippen LogP contribution is 2.43. The van der Waals surface area contributed by atoms with Crippen LogP contribution in [-0.4, -0.2) is 28.1 Å². The van der Waals surface area contributed by atoms with Crippen molar-refractivity contribution < 1.29 is 9.90 Å².